The van der Waals surface area contributed by atoms with Crippen molar-refractivity contribution in [2.75, 3.05) is 17.3 Å². The van der Waals surface area contributed by atoms with E-state index in [0.717, 1.165) is 11.3 Å². The fourth-order valence-corrected chi connectivity index (χ4v) is 3.56. The topological polar surface area (TPSA) is 82.4 Å². The van der Waals surface area contributed by atoms with Gasteiger partial charge in [0.15, 0.2) is 0 Å². The van der Waals surface area contributed by atoms with Crippen LogP contribution in [0.25, 0.3) is 5.57 Å². The lowest BCUT2D eigenvalue weighted by molar-refractivity contribution is -0.120. The third-order valence-electron chi connectivity index (χ3n) is 5.35. The van der Waals surface area contributed by atoms with Crippen molar-refractivity contribution in [1.82, 2.24) is 0 Å². The largest absolute Gasteiger partial charge is 0.497 e. The van der Waals surface area contributed by atoms with E-state index in [-0.39, 0.29) is 11.3 Å². The monoisotopic (exact) mass is 423 g/mol. The third-order valence-corrected chi connectivity index (χ3v) is 5.35. The van der Waals surface area contributed by atoms with Crippen LogP contribution < -0.4 is 15.0 Å². The van der Waals surface area contributed by atoms with Crippen molar-refractivity contribution in [1.29, 1.82) is 5.26 Å². The summed E-state index contributed by atoms with van der Waals surface area (Å²) in [6.07, 6.45) is 0.907. The van der Waals surface area contributed by atoms with Crippen LogP contribution in [0.15, 0.2) is 78.5 Å². The molecule has 3 aromatic rings. The van der Waals surface area contributed by atoms with E-state index >= 15 is 0 Å². The number of nitriles is 1. The number of ether oxygens (including phenoxy) is 1. The SMILES string of the molecule is CCc1ccc(NC2=C(c3ccc(OC)cc3)C(=O)N(c3ccc(C#N)cc3)C2=O)cc1. The maximum absolute atomic E-state index is 13.4. The smallest absolute Gasteiger partial charge is 0.282 e. The number of anilines is 2. The summed E-state index contributed by atoms with van der Waals surface area (Å²) in [5, 5.41) is 12.2. The molecule has 4 rings (SSSR count). The molecule has 1 aliphatic heterocycles. The molecule has 0 saturated carbocycles. The minimum absolute atomic E-state index is 0.203. The van der Waals surface area contributed by atoms with Crippen LogP contribution in [0.1, 0.15) is 23.6 Å². The molecular formula is C26H21N3O3. The molecule has 6 nitrogen and oxygen atoms in total. The highest BCUT2D eigenvalue weighted by atomic mass is 16.5. The number of nitrogens with zero attached hydrogens (tertiary/aromatic N) is 2. The molecule has 158 valence electrons. The maximum Gasteiger partial charge on any atom is 0.282 e. The van der Waals surface area contributed by atoms with E-state index in [9.17, 15) is 9.59 Å². The summed E-state index contributed by atoms with van der Waals surface area (Å²) in [7, 11) is 1.57. The van der Waals surface area contributed by atoms with Crippen LogP contribution in [0.2, 0.25) is 0 Å². The Labute approximate surface area is 186 Å². The molecule has 0 aromatic heterocycles. The number of imide groups is 1. The van der Waals surface area contributed by atoms with Crippen LogP contribution in [-0.4, -0.2) is 18.9 Å². The fourth-order valence-electron chi connectivity index (χ4n) is 3.56. The number of carbonyl (C=O) groups is 2. The molecule has 0 atom stereocenters. The van der Waals surface area contributed by atoms with Gasteiger partial charge in [0.25, 0.3) is 11.8 Å². The molecule has 0 fully saturated rings. The maximum atomic E-state index is 13.4. The fraction of sp³-hybridized carbons (Fsp3) is 0.115. The Balaban J connectivity index is 1.77. The second kappa shape index (κ2) is 8.78. The van der Waals surface area contributed by atoms with Crippen LogP contribution in [0.3, 0.4) is 0 Å². The summed E-state index contributed by atoms with van der Waals surface area (Å²) in [6, 6.07) is 23.1. The molecule has 0 spiro atoms. The predicted octanol–water partition coefficient (Wildman–Crippen LogP) is 4.53. The van der Waals surface area contributed by atoms with Gasteiger partial charge in [0.05, 0.1) is 30.0 Å². The normalized spacial score (nSPS) is 13.3. The lowest BCUT2D eigenvalue weighted by Crippen LogP contribution is -2.32. The van der Waals surface area contributed by atoms with Crippen molar-refractivity contribution >= 4 is 28.8 Å². The zero-order chi connectivity index (χ0) is 22.7. The quantitative estimate of drug-likeness (QED) is 0.589. The molecule has 0 unspecified atom stereocenters. The van der Waals surface area contributed by atoms with Gasteiger partial charge in [0, 0.05) is 5.69 Å². The number of benzene rings is 3. The highest BCUT2D eigenvalue weighted by Crippen LogP contribution is 2.34. The number of nitrogens with one attached hydrogen (secondary N) is 1. The van der Waals surface area contributed by atoms with Crippen molar-refractivity contribution in [2.45, 2.75) is 13.3 Å². The van der Waals surface area contributed by atoms with Crippen LogP contribution in [0, 0.1) is 11.3 Å². The Morgan fingerprint density at radius 1 is 0.906 bits per heavy atom. The van der Waals surface area contributed by atoms with Crippen LogP contribution in [0.5, 0.6) is 5.75 Å². The highest BCUT2D eigenvalue weighted by Gasteiger charge is 2.40. The number of methoxy groups -OCH3 is 1. The molecule has 3 aromatic carbocycles. The molecule has 0 radical (unpaired) electrons. The van der Waals surface area contributed by atoms with E-state index in [0.29, 0.717) is 28.3 Å². The van der Waals surface area contributed by atoms with Gasteiger partial charge in [-0.3, -0.25) is 9.59 Å². The number of carbonyl (C=O) groups excluding carboxylic acids is 2. The Bertz CT molecular complexity index is 1240. The second-order valence-corrected chi connectivity index (χ2v) is 7.26. The Morgan fingerprint density at radius 2 is 1.56 bits per heavy atom. The Morgan fingerprint density at radius 3 is 2.12 bits per heavy atom. The number of hydrogen-bond acceptors (Lipinski definition) is 5. The Kier molecular flexibility index (Phi) is 5.73. The zero-order valence-electron chi connectivity index (χ0n) is 17.8. The first kappa shape index (κ1) is 20.9. The predicted molar refractivity (Wildman–Crippen MR) is 123 cm³/mol. The second-order valence-electron chi connectivity index (χ2n) is 7.26. The van der Waals surface area contributed by atoms with E-state index in [4.69, 9.17) is 10.00 Å². The van der Waals surface area contributed by atoms with E-state index in [2.05, 4.69) is 12.2 Å². The van der Waals surface area contributed by atoms with Gasteiger partial charge in [-0.15, -0.1) is 0 Å². The van der Waals surface area contributed by atoms with Crippen molar-refractivity contribution < 1.29 is 14.3 Å². The van der Waals surface area contributed by atoms with Gasteiger partial charge in [0.1, 0.15) is 11.4 Å². The first-order valence-electron chi connectivity index (χ1n) is 10.2. The van der Waals surface area contributed by atoms with E-state index in [1.54, 1.807) is 55.6 Å². The number of aryl methyl sites for hydroxylation is 1. The van der Waals surface area contributed by atoms with Gasteiger partial charge in [0.2, 0.25) is 0 Å². The van der Waals surface area contributed by atoms with Crippen LogP contribution in [0.4, 0.5) is 11.4 Å². The first-order valence-corrected chi connectivity index (χ1v) is 10.2. The van der Waals surface area contributed by atoms with E-state index in [1.165, 1.54) is 5.56 Å². The summed E-state index contributed by atoms with van der Waals surface area (Å²) in [5.74, 6) is -0.234. The molecular weight excluding hydrogens is 402 g/mol. The van der Waals surface area contributed by atoms with Gasteiger partial charge in [-0.05, 0) is 66.1 Å². The molecule has 1 N–H and O–H groups in total. The summed E-state index contributed by atoms with van der Waals surface area (Å²) in [6.45, 7) is 2.07. The summed E-state index contributed by atoms with van der Waals surface area (Å²) < 4.78 is 5.22. The molecule has 0 saturated heterocycles. The average molecular weight is 423 g/mol. The van der Waals surface area contributed by atoms with Crippen molar-refractivity contribution in [2.24, 2.45) is 0 Å². The van der Waals surface area contributed by atoms with Crippen molar-refractivity contribution in [3.8, 4) is 11.8 Å². The van der Waals surface area contributed by atoms with Gasteiger partial charge in [-0.2, -0.15) is 5.26 Å². The standard InChI is InChI=1S/C26H21N3O3/c1-3-17-4-10-20(11-5-17)28-24-23(19-8-14-22(32-2)15-9-19)25(30)29(26(24)31)21-12-6-18(16-27)7-13-21/h4-15,28H,3H2,1-2H3. The lowest BCUT2D eigenvalue weighted by Gasteiger charge is -2.15. The van der Waals surface area contributed by atoms with E-state index < -0.39 is 11.8 Å². The summed E-state index contributed by atoms with van der Waals surface area (Å²) >= 11 is 0. The molecule has 2 amide bonds. The molecule has 6 heteroatoms. The zero-order valence-corrected chi connectivity index (χ0v) is 17.8. The molecule has 1 aliphatic rings. The van der Waals surface area contributed by atoms with Crippen LogP contribution in [-0.2, 0) is 16.0 Å². The third kappa shape index (κ3) is 3.84. The lowest BCUT2D eigenvalue weighted by atomic mass is 10.0. The molecule has 0 bridgehead atoms. The summed E-state index contributed by atoms with van der Waals surface area (Å²) in [4.78, 5) is 28.0. The van der Waals surface area contributed by atoms with E-state index in [1.807, 2.05) is 30.3 Å². The Hall–Kier alpha value is -4.37. The minimum atomic E-state index is -0.454. The molecule has 0 aliphatic carbocycles. The molecule has 32 heavy (non-hydrogen) atoms. The summed E-state index contributed by atoms with van der Waals surface area (Å²) in [5.41, 5.74) is 3.83. The minimum Gasteiger partial charge on any atom is -0.497 e. The van der Waals surface area contributed by atoms with Gasteiger partial charge in [-0.1, -0.05) is 31.2 Å². The number of hydrogen-bond donors (Lipinski definition) is 1. The van der Waals surface area contributed by atoms with Gasteiger partial charge in [-0.25, -0.2) is 4.90 Å². The van der Waals surface area contributed by atoms with Gasteiger partial charge >= 0.3 is 0 Å². The van der Waals surface area contributed by atoms with Crippen molar-refractivity contribution in [3.05, 3.63) is 95.2 Å². The number of rotatable bonds is 6. The molecule has 1 heterocycles. The first-order chi connectivity index (χ1) is 15.5. The number of amides is 2. The van der Waals surface area contributed by atoms with Gasteiger partial charge < -0.3 is 10.1 Å². The van der Waals surface area contributed by atoms with Crippen molar-refractivity contribution in [3.63, 3.8) is 0 Å². The van der Waals surface area contributed by atoms with Crippen LogP contribution >= 0.6 is 0 Å². The average Bonchev–Trinajstić information content (AvgIpc) is 3.08. The highest BCUT2D eigenvalue weighted by molar-refractivity contribution is 6.46.